The lowest BCUT2D eigenvalue weighted by Crippen LogP contribution is -2.09. The zero-order valence-corrected chi connectivity index (χ0v) is 26.1. The number of rotatable bonds is 4. The van der Waals surface area contributed by atoms with Gasteiger partial charge in [-0.25, -0.2) is 0 Å². The minimum absolute atomic E-state index is 0.869. The average Bonchev–Trinajstić information content (AvgIpc) is 3.52. The summed E-state index contributed by atoms with van der Waals surface area (Å²) in [7, 11) is 0. The van der Waals surface area contributed by atoms with Crippen LogP contribution < -0.4 is 4.90 Å². The third-order valence-corrected chi connectivity index (χ3v) is 9.79. The summed E-state index contributed by atoms with van der Waals surface area (Å²) in [5, 5.41) is 12.2. The van der Waals surface area contributed by atoms with Gasteiger partial charge in [0.25, 0.3) is 0 Å². The number of para-hydroxylation sites is 2. The molecule has 0 atom stereocenters. The van der Waals surface area contributed by atoms with Gasteiger partial charge in [0.05, 0.1) is 0 Å². The summed E-state index contributed by atoms with van der Waals surface area (Å²) in [5.41, 5.74) is 7.31. The van der Waals surface area contributed by atoms with E-state index in [4.69, 9.17) is 4.42 Å². The van der Waals surface area contributed by atoms with Crippen molar-refractivity contribution in [3.05, 3.63) is 176 Å². The second-order valence-corrected chi connectivity index (χ2v) is 12.5. The molecule has 0 amide bonds. The van der Waals surface area contributed by atoms with Crippen LogP contribution in [0.4, 0.5) is 17.1 Å². The van der Waals surface area contributed by atoms with Gasteiger partial charge in [0.1, 0.15) is 11.2 Å². The van der Waals surface area contributed by atoms with Crippen molar-refractivity contribution in [3.8, 4) is 11.1 Å². The van der Waals surface area contributed by atoms with E-state index >= 15 is 0 Å². The van der Waals surface area contributed by atoms with Crippen LogP contribution in [0.5, 0.6) is 0 Å². The first-order valence-electron chi connectivity index (χ1n) is 16.4. The van der Waals surface area contributed by atoms with Crippen molar-refractivity contribution >= 4 is 82.1 Å². The molecule has 0 unspecified atom stereocenters. The van der Waals surface area contributed by atoms with Gasteiger partial charge in [0.15, 0.2) is 0 Å². The lowest BCUT2D eigenvalue weighted by Gasteiger charge is -2.25. The fourth-order valence-electron chi connectivity index (χ4n) is 7.65. The smallest absolute Gasteiger partial charge is 0.143 e. The van der Waals surface area contributed by atoms with E-state index in [0.29, 0.717) is 0 Å². The molecule has 0 N–H and O–H groups in total. The van der Waals surface area contributed by atoms with Crippen molar-refractivity contribution in [2.75, 3.05) is 4.90 Å². The Kier molecular flexibility index (Phi) is 5.91. The van der Waals surface area contributed by atoms with Crippen LogP contribution in [0.2, 0.25) is 0 Å². The third-order valence-electron chi connectivity index (χ3n) is 9.79. The number of hydrogen-bond donors (Lipinski definition) is 0. The van der Waals surface area contributed by atoms with Crippen molar-refractivity contribution in [1.82, 2.24) is 0 Å². The van der Waals surface area contributed by atoms with Crippen molar-refractivity contribution < 1.29 is 4.42 Å². The molecular weight excluding hydrogens is 583 g/mol. The van der Waals surface area contributed by atoms with Crippen LogP contribution >= 0.6 is 0 Å². The van der Waals surface area contributed by atoms with E-state index in [0.717, 1.165) is 50.1 Å². The molecule has 0 aliphatic rings. The Labute approximate surface area is 277 Å². The standard InChI is InChI=1S/C46H29NO/c1-3-14-32(15-4-1)47(33-16-5-2-6-17-33)34-24-26-41-43-27-30-13-7-8-18-35(30)45(46(43)48-44(41)29-34)31-23-25-40-38-21-10-9-19-36(38)37-20-11-12-22-39(37)42(40)28-31/h1-29H. The van der Waals surface area contributed by atoms with E-state index in [1.54, 1.807) is 0 Å². The molecule has 0 bridgehead atoms. The minimum Gasteiger partial charge on any atom is -0.455 e. The molecule has 0 fully saturated rings. The number of fused-ring (bicyclic) bond motifs is 10. The van der Waals surface area contributed by atoms with E-state index in [-0.39, 0.29) is 0 Å². The molecule has 224 valence electrons. The van der Waals surface area contributed by atoms with E-state index in [1.807, 2.05) is 0 Å². The summed E-state index contributed by atoms with van der Waals surface area (Å²) in [6, 6.07) is 63.1. The summed E-state index contributed by atoms with van der Waals surface area (Å²) in [6.07, 6.45) is 0. The van der Waals surface area contributed by atoms with Gasteiger partial charge in [-0.05, 0) is 97.2 Å². The molecule has 0 aliphatic heterocycles. The topological polar surface area (TPSA) is 16.4 Å². The van der Waals surface area contributed by atoms with Crippen LogP contribution in [-0.4, -0.2) is 0 Å². The Bertz CT molecular complexity index is 2760. The van der Waals surface area contributed by atoms with Crippen molar-refractivity contribution in [2.24, 2.45) is 0 Å². The van der Waals surface area contributed by atoms with Crippen LogP contribution in [0.25, 0.3) is 76.2 Å². The molecule has 0 aliphatic carbocycles. The van der Waals surface area contributed by atoms with E-state index in [2.05, 4.69) is 181 Å². The molecule has 1 aromatic heterocycles. The second-order valence-electron chi connectivity index (χ2n) is 12.5. The summed E-state index contributed by atoms with van der Waals surface area (Å²) in [4.78, 5) is 2.28. The van der Waals surface area contributed by atoms with Crippen LogP contribution in [0.15, 0.2) is 180 Å². The lowest BCUT2D eigenvalue weighted by molar-refractivity contribution is 0.670. The molecule has 10 aromatic rings. The van der Waals surface area contributed by atoms with Crippen LogP contribution in [0, 0.1) is 0 Å². The summed E-state index contributed by atoms with van der Waals surface area (Å²) >= 11 is 0. The fraction of sp³-hybridized carbons (Fsp3) is 0. The Balaban J connectivity index is 1.24. The highest BCUT2D eigenvalue weighted by Crippen LogP contribution is 2.45. The summed E-state index contributed by atoms with van der Waals surface area (Å²) in [5.74, 6) is 0. The van der Waals surface area contributed by atoms with E-state index in [1.165, 1.54) is 43.1 Å². The van der Waals surface area contributed by atoms with Gasteiger partial charge in [-0.1, -0.05) is 121 Å². The first-order chi connectivity index (χ1) is 23.8. The molecule has 0 saturated carbocycles. The van der Waals surface area contributed by atoms with Gasteiger partial charge in [-0.2, -0.15) is 0 Å². The quantitative estimate of drug-likeness (QED) is 0.184. The summed E-state index contributed by atoms with van der Waals surface area (Å²) in [6.45, 7) is 0. The second kappa shape index (κ2) is 10.6. The highest BCUT2D eigenvalue weighted by atomic mass is 16.3. The number of furan rings is 1. The zero-order valence-electron chi connectivity index (χ0n) is 26.1. The van der Waals surface area contributed by atoms with Gasteiger partial charge in [0.2, 0.25) is 0 Å². The molecule has 2 nitrogen and oxygen atoms in total. The lowest BCUT2D eigenvalue weighted by atomic mass is 9.90. The number of benzene rings is 9. The predicted molar refractivity (Wildman–Crippen MR) is 204 cm³/mol. The molecule has 0 spiro atoms. The largest absolute Gasteiger partial charge is 0.455 e. The normalized spacial score (nSPS) is 11.8. The van der Waals surface area contributed by atoms with Crippen molar-refractivity contribution in [1.29, 1.82) is 0 Å². The monoisotopic (exact) mass is 611 g/mol. The average molecular weight is 612 g/mol. The first-order valence-corrected chi connectivity index (χ1v) is 16.4. The molecule has 48 heavy (non-hydrogen) atoms. The molecule has 9 aromatic carbocycles. The number of anilines is 3. The maximum absolute atomic E-state index is 6.95. The van der Waals surface area contributed by atoms with Crippen LogP contribution in [0.3, 0.4) is 0 Å². The van der Waals surface area contributed by atoms with E-state index in [9.17, 15) is 0 Å². The number of hydrogen-bond acceptors (Lipinski definition) is 2. The van der Waals surface area contributed by atoms with Gasteiger partial charge in [0, 0.05) is 39.5 Å². The van der Waals surface area contributed by atoms with E-state index < -0.39 is 0 Å². The SMILES string of the molecule is c1ccc(N(c2ccccc2)c2ccc3c(c2)oc2c(-c4ccc5c6ccccc6c6ccccc6c5c4)c4ccccc4cc23)cc1. The Morgan fingerprint density at radius 2 is 0.854 bits per heavy atom. The Morgan fingerprint density at radius 1 is 0.333 bits per heavy atom. The minimum atomic E-state index is 0.869. The molecule has 10 rings (SSSR count). The van der Waals surface area contributed by atoms with Crippen LogP contribution in [0.1, 0.15) is 0 Å². The molecular formula is C46H29NO. The van der Waals surface area contributed by atoms with Gasteiger partial charge in [-0.15, -0.1) is 0 Å². The van der Waals surface area contributed by atoms with Crippen molar-refractivity contribution in [3.63, 3.8) is 0 Å². The van der Waals surface area contributed by atoms with Gasteiger partial charge in [-0.3, -0.25) is 0 Å². The Morgan fingerprint density at radius 3 is 1.50 bits per heavy atom. The Hall–Kier alpha value is -6.38. The highest BCUT2D eigenvalue weighted by molar-refractivity contribution is 6.26. The molecule has 2 heteroatoms. The maximum Gasteiger partial charge on any atom is 0.143 e. The first kappa shape index (κ1) is 26.8. The summed E-state index contributed by atoms with van der Waals surface area (Å²) < 4.78 is 6.95. The van der Waals surface area contributed by atoms with Crippen LogP contribution in [-0.2, 0) is 0 Å². The molecule has 0 saturated heterocycles. The third kappa shape index (κ3) is 4.06. The van der Waals surface area contributed by atoms with Crippen molar-refractivity contribution in [2.45, 2.75) is 0 Å². The fourth-order valence-corrected chi connectivity index (χ4v) is 7.65. The van der Waals surface area contributed by atoms with Gasteiger partial charge >= 0.3 is 0 Å². The highest BCUT2D eigenvalue weighted by Gasteiger charge is 2.20. The number of nitrogens with zero attached hydrogens (tertiary/aromatic N) is 1. The molecule has 0 radical (unpaired) electrons. The molecule has 1 heterocycles. The predicted octanol–water partition coefficient (Wildman–Crippen LogP) is 13.3. The maximum atomic E-state index is 6.95. The van der Waals surface area contributed by atoms with Gasteiger partial charge < -0.3 is 9.32 Å². The zero-order chi connectivity index (χ0) is 31.6.